The molecule has 1 fully saturated rings. The van der Waals surface area contributed by atoms with Gasteiger partial charge in [-0.3, -0.25) is 4.79 Å². The van der Waals surface area contributed by atoms with Crippen molar-refractivity contribution in [3.63, 3.8) is 0 Å². The van der Waals surface area contributed by atoms with Crippen molar-refractivity contribution in [2.45, 2.75) is 38.3 Å². The van der Waals surface area contributed by atoms with Gasteiger partial charge in [-0.05, 0) is 55.3 Å². The monoisotopic (exact) mass is 459 g/mol. The van der Waals surface area contributed by atoms with Crippen molar-refractivity contribution in [3.8, 4) is 11.3 Å². The highest BCUT2D eigenvalue weighted by atomic mass is 35.5. The van der Waals surface area contributed by atoms with Gasteiger partial charge in [0.1, 0.15) is 0 Å². The Labute approximate surface area is 189 Å². The maximum absolute atomic E-state index is 13.5. The quantitative estimate of drug-likeness (QED) is 0.419. The number of nitrogens with zero attached hydrogens (tertiary/aromatic N) is 3. The zero-order chi connectivity index (χ0) is 22.7. The van der Waals surface area contributed by atoms with Crippen LogP contribution in [0.15, 0.2) is 60.8 Å². The number of aromatic nitrogens is 2. The zero-order valence-corrected chi connectivity index (χ0v) is 17.9. The van der Waals surface area contributed by atoms with E-state index in [2.05, 4.69) is 9.97 Å². The molecule has 1 aliphatic rings. The number of hydrogen-bond donors (Lipinski definition) is 0. The largest absolute Gasteiger partial charge is 0.416 e. The van der Waals surface area contributed by atoms with Gasteiger partial charge in [0, 0.05) is 22.7 Å². The Morgan fingerprint density at radius 2 is 1.72 bits per heavy atom. The molecule has 1 saturated carbocycles. The van der Waals surface area contributed by atoms with Crippen LogP contribution in [0.4, 0.5) is 24.8 Å². The molecule has 1 amide bonds. The molecule has 0 unspecified atom stereocenters. The fraction of sp³-hybridized carbons (Fsp3) is 0.292. The van der Waals surface area contributed by atoms with E-state index in [9.17, 15) is 18.0 Å². The lowest BCUT2D eigenvalue weighted by Crippen LogP contribution is -2.34. The van der Waals surface area contributed by atoms with Crippen molar-refractivity contribution >= 4 is 29.1 Å². The number of halogens is 4. The van der Waals surface area contributed by atoms with Crippen molar-refractivity contribution in [2.24, 2.45) is 5.92 Å². The molecule has 32 heavy (non-hydrogen) atoms. The Morgan fingerprint density at radius 1 is 1.00 bits per heavy atom. The van der Waals surface area contributed by atoms with Gasteiger partial charge in [0.15, 0.2) is 0 Å². The van der Waals surface area contributed by atoms with Gasteiger partial charge in [0.25, 0.3) is 0 Å². The van der Waals surface area contributed by atoms with Crippen LogP contribution in [0.5, 0.6) is 0 Å². The molecular weight excluding hydrogens is 439 g/mol. The maximum Gasteiger partial charge on any atom is 0.416 e. The van der Waals surface area contributed by atoms with E-state index in [-0.39, 0.29) is 17.8 Å². The second-order valence-corrected chi connectivity index (χ2v) is 8.24. The molecule has 0 atom stereocenters. The van der Waals surface area contributed by atoms with Crippen LogP contribution < -0.4 is 4.90 Å². The molecule has 1 heterocycles. The van der Waals surface area contributed by atoms with E-state index in [0.29, 0.717) is 16.4 Å². The van der Waals surface area contributed by atoms with E-state index in [0.717, 1.165) is 49.8 Å². The first kappa shape index (κ1) is 22.3. The highest BCUT2D eigenvalue weighted by Crippen LogP contribution is 2.35. The molecular formula is C24H21ClF3N3O. The predicted molar refractivity (Wildman–Crippen MR) is 118 cm³/mol. The summed E-state index contributed by atoms with van der Waals surface area (Å²) < 4.78 is 39.2. The van der Waals surface area contributed by atoms with Crippen LogP contribution in [0.1, 0.15) is 37.7 Å². The standard InChI is InChI=1S/C24H21ClF3N3O/c25-19-8-4-7-17(15-19)21-13-14-29-23(30-21)31(22(32)16-5-2-1-3-6-16)20-11-9-18(10-12-20)24(26,27)28/h4,7-16H,1-3,5-6H2. The van der Waals surface area contributed by atoms with Gasteiger partial charge in [-0.25, -0.2) is 14.9 Å². The zero-order valence-electron chi connectivity index (χ0n) is 17.1. The van der Waals surface area contributed by atoms with Crippen molar-refractivity contribution in [1.82, 2.24) is 9.97 Å². The summed E-state index contributed by atoms with van der Waals surface area (Å²) >= 11 is 6.10. The molecule has 166 valence electrons. The number of hydrogen-bond acceptors (Lipinski definition) is 3. The maximum atomic E-state index is 13.5. The molecule has 0 radical (unpaired) electrons. The van der Waals surface area contributed by atoms with E-state index in [1.807, 2.05) is 6.07 Å². The Kier molecular flexibility index (Phi) is 6.46. The fourth-order valence-electron chi connectivity index (χ4n) is 3.94. The third-order valence-electron chi connectivity index (χ3n) is 5.59. The number of rotatable bonds is 4. The summed E-state index contributed by atoms with van der Waals surface area (Å²) in [5.74, 6) is -0.296. The summed E-state index contributed by atoms with van der Waals surface area (Å²) in [6.07, 6.45) is 1.52. The lowest BCUT2D eigenvalue weighted by Gasteiger charge is -2.28. The van der Waals surface area contributed by atoms with Crippen LogP contribution in [-0.2, 0) is 11.0 Å². The molecule has 1 aliphatic carbocycles. The highest BCUT2D eigenvalue weighted by Gasteiger charge is 2.32. The Bertz CT molecular complexity index is 1100. The van der Waals surface area contributed by atoms with Gasteiger partial charge in [0.2, 0.25) is 11.9 Å². The highest BCUT2D eigenvalue weighted by molar-refractivity contribution is 6.30. The van der Waals surface area contributed by atoms with Gasteiger partial charge in [-0.15, -0.1) is 0 Å². The van der Waals surface area contributed by atoms with E-state index < -0.39 is 11.7 Å². The second kappa shape index (κ2) is 9.28. The number of alkyl halides is 3. The normalized spacial score (nSPS) is 14.9. The summed E-state index contributed by atoms with van der Waals surface area (Å²) in [6, 6.07) is 13.3. The number of amides is 1. The summed E-state index contributed by atoms with van der Waals surface area (Å²) in [5, 5.41) is 0.542. The molecule has 4 nitrogen and oxygen atoms in total. The first-order valence-electron chi connectivity index (χ1n) is 10.4. The van der Waals surface area contributed by atoms with Gasteiger partial charge in [-0.2, -0.15) is 13.2 Å². The van der Waals surface area contributed by atoms with E-state index in [1.54, 1.807) is 24.3 Å². The average molecular weight is 460 g/mol. The molecule has 8 heteroatoms. The number of anilines is 2. The lowest BCUT2D eigenvalue weighted by molar-refractivity contribution is -0.137. The molecule has 0 saturated heterocycles. The number of carbonyl (C=O) groups is 1. The van der Waals surface area contributed by atoms with E-state index in [4.69, 9.17) is 11.6 Å². The first-order valence-corrected chi connectivity index (χ1v) is 10.8. The fourth-order valence-corrected chi connectivity index (χ4v) is 4.13. The third-order valence-corrected chi connectivity index (χ3v) is 5.83. The summed E-state index contributed by atoms with van der Waals surface area (Å²) in [6.45, 7) is 0. The minimum Gasteiger partial charge on any atom is -0.274 e. The Morgan fingerprint density at radius 3 is 2.38 bits per heavy atom. The lowest BCUT2D eigenvalue weighted by atomic mass is 9.88. The van der Waals surface area contributed by atoms with Crippen LogP contribution in [0.2, 0.25) is 5.02 Å². The van der Waals surface area contributed by atoms with Crippen LogP contribution in [0.3, 0.4) is 0 Å². The minimum absolute atomic E-state index is 0.123. The number of carbonyl (C=O) groups excluding carboxylic acids is 1. The van der Waals surface area contributed by atoms with Crippen molar-refractivity contribution in [1.29, 1.82) is 0 Å². The second-order valence-electron chi connectivity index (χ2n) is 7.81. The molecule has 0 N–H and O–H groups in total. The first-order chi connectivity index (χ1) is 15.3. The molecule has 2 aromatic carbocycles. The van der Waals surface area contributed by atoms with Gasteiger partial charge in [0.05, 0.1) is 16.9 Å². The minimum atomic E-state index is -4.46. The molecule has 3 aromatic rings. The van der Waals surface area contributed by atoms with Gasteiger partial charge >= 0.3 is 6.18 Å². The van der Waals surface area contributed by atoms with Gasteiger partial charge < -0.3 is 0 Å². The molecule has 0 spiro atoms. The molecule has 4 rings (SSSR count). The SMILES string of the molecule is O=C(C1CCCCC1)N(c1ccc(C(F)(F)F)cc1)c1nccc(-c2cccc(Cl)c2)n1. The molecule has 1 aromatic heterocycles. The van der Waals surface area contributed by atoms with Crippen molar-refractivity contribution in [2.75, 3.05) is 4.90 Å². The summed E-state index contributed by atoms with van der Waals surface area (Å²) in [4.78, 5) is 23.7. The van der Waals surface area contributed by atoms with Crippen LogP contribution in [0, 0.1) is 5.92 Å². The Hall–Kier alpha value is -2.93. The topological polar surface area (TPSA) is 46.1 Å². The summed E-state index contributed by atoms with van der Waals surface area (Å²) in [7, 11) is 0. The van der Waals surface area contributed by atoms with Crippen LogP contribution >= 0.6 is 11.6 Å². The van der Waals surface area contributed by atoms with Crippen LogP contribution in [-0.4, -0.2) is 15.9 Å². The van der Waals surface area contributed by atoms with Crippen molar-refractivity contribution in [3.05, 3.63) is 71.4 Å². The van der Waals surface area contributed by atoms with E-state index >= 15 is 0 Å². The summed E-state index contributed by atoms with van der Waals surface area (Å²) in [5.41, 5.74) is 0.834. The smallest absolute Gasteiger partial charge is 0.274 e. The van der Waals surface area contributed by atoms with E-state index in [1.165, 1.54) is 23.2 Å². The third kappa shape index (κ3) is 4.93. The van der Waals surface area contributed by atoms with Crippen LogP contribution in [0.25, 0.3) is 11.3 Å². The number of benzene rings is 2. The Balaban J connectivity index is 1.75. The van der Waals surface area contributed by atoms with Crippen molar-refractivity contribution < 1.29 is 18.0 Å². The molecule has 0 bridgehead atoms. The predicted octanol–water partition coefficient (Wildman–Crippen LogP) is 7.06. The van der Waals surface area contributed by atoms with Gasteiger partial charge in [-0.1, -0.05) is 43.0 Å². The molecule has 0 aliphatic heterocycles. The average Bonchev–Trinajstić information content (AvgIpc) is 2.80.